The standard InChI is InChI=1S/C21H25NO4/c1-3-21(24)26-15-9-5-4-8-14-25-19-12-11-17(2)16-18(19)22-13-7-6-10-20(22)23/h3,6-7,10-13,16H,1,4-5,8-9,14-15H2,2H3. The zero-order valence-electron chi connectivity index (χ0n) is 15.1. The predicted octanol–water partition coefficient (Wildman–Crippen LogP) is 3.81. The molecule has 0 aliphatic rings. The van der Waals surface area contributed by atoms with Gasteiger partial charge in [0.15, 0.2) is 0 Å². The van der Waals surface area contributed by atoms with E-state index in [4.69, 9.17) is 9.47 Å². The van der Waals surface area contributed by atoms with Crippen LogP contribution in [0.3, 0.4) is 0 Å². The molecule has 2 aromatic rings. The molecule has 5 heteroatoms. The van der Waals surface area contributed by atoms with Gasteiger partial charge in [-0.1, -0.05) is 18.7 Å². The zero-order chi connectivity index (χ0) is 18.8. The van der Waals surface area contributed by atoms with Gasteiger partial charge in [-0.15, -0.1) is 0 Å². The number of pyridine rings is 1. The largest absolute Gasteiger partial charge is 0.491 e. The van der Waals surface area contributed by atoms with E-state index in [1.165, 1.54) is 12.1 Å². The second kappa shape index (κ2) is 10.2. The van der Waals surface area contributed by atoms with Crippen molar-refractivity contribution in [2.45, 2.75) is 32.6 Å². The smallest absolute Gasteiger partial charge is 0.330 e. The molecule has 1 heterocycles. The van der Waals surface area contributed by atoms with E-state index < -0.39 is 0 Å². The monoisotopic (exact) mass is 355 g/mol. The van der Waals surface area contributed by atoms with Crippen LogP contribution in [0.2, 0.25) is 0 Å². The topological polar surface area (TPSA) is 57.5 Å². The number of aromatic nitrogens is 1. The number of ether oxygens (including phenoxy) is 2. The van der Waals surface area contributed by atoms with Gasteiger partial charge >= 0.3 is 5.97 Å². The summed E-state index contributed by atoms with van der Waals surface area (Å²) >= 11 is 0. The molecular weight excluding hydrogens is 330 g/mol. The van der Waals surface area contributed by atoms with Crippen molar-refractivity contribution in [2.75, 3.05) is 13.2 Å². The second-order valence-corrected chi connectivity index (χ2v) is 6.01. The van der Waals surface area contributed by atoms with Gasteiger partial charge < -0.3 is 9.47 Å². The van der Waals surface area contributed by atoms with E-state index in [1.54, 1.807) is 16.8 Å². The Kier molecular flexibility index (Phi) is 7.68. The Bertz CT molecular complexity index is 795. The van der Waals surface area contributed by atoms with Gasteiger partial charge in [0.25, 0.3) is 5.56 Å². The Morgan fingerprint density at radius 3 is 2.62 bits per heavy atom. The van der Waals surface area contributed by atoms with Crippen molar-refractivity contribution >= 4 is 5.97 Å². The number of hydrogen-bond donors (Lipinski definition) is 0. The second-order valence-electron chi connectivity index (χ2n) is 6.01. The third-order valence-corrected chi connectivity index (χ3v) is 3.90. The molecule has 0 amide bonds. The summed E-state index contributed by atoms with van der Waals surface area (Å²) in [6.07, 6.45) is 6.59. The van der Waals surface area contributed by atoms with Gasteiger partial charge in [-0.05, 0) is 56.4 Å². The van der Waals surface area contributed by atoms with Crippen molar-refractivity contribution in [3.8, 4) is 11.4 Å². The molecule has 2 rings (SSSR count). The van der Waals surface area contributed by atoms with Gasteiger partial charge in [-0.3, -0.25) is 9.36 Å². The summed E-state index contributed by atoms with van der Waals surface area (Å²) in [5.41, 5.74) is 1.74. The highest BCUT2D eigenvalue weighted by Crippen LogP contribution is 2.23. The molecule has 1 aromatic heterocycles. The average Bonchev–Trinajstić information content (AvgIpc) is 2.65. The van der Waals surface area contributed by atoms with E-state index in [9.17, 15) is 9.59 Å². The van der Waals surface area contributed by atoms with Gasteiger partial charge in [0.1, 0.15) is 5.75 Å². The van der Waals surface area contributed by atoms with Gasteiger partial charge in [-0.25, -0.2) is 4.79 Å². The zero-order valence-corrected chi connectivity index (χ0v) is 15.1. The fourth-order valence-electron chi connectivity index (χ4n) is 2.54. The van der Waals surface area contributed by atoms with E-state index >= 15 is 0 Å². The number of carbonyl (C=O) groups is 1. The quantitative estimate of drug-likeness (QED) is 0.369. The Hall–Kier alpha value is -2.82. The van der Waals surface area contributed by atoms with Crippen LogP contribution in [0.1, 0.15) is 31.2 Å². The van der Waals surface area contributed by atoms with Crippen LogP contribution >= 0.6 is 0 Å². The first-order valence-electron chi connectivity index (χ1n) is 8.82. The van der Waals surface area contributed by atoms with Crippen LogP contribution in [-0.2, 0) is 9.53 Å². The summed E-state index contributed by atoms with van der Waals surface area (Å²) < 4.78 is 12.4. The average molecular weight is 355 g/mol. The van der Waals surface area contributed by atoms with E-state index in [0.29, 0.717) is 19.0 Å². The van der Waals surface area contributed by atoms with Crippen molar-refractivity contribution in [2.24, 2.45) is 0 Å². The molecule has 0 saturated carbocycles. The van der Waals surface area contributed by atoms with Crippen LogP contribution in [0.25, 0.3) is 5.69 Å². The van der Waals surface area contributed by atoms with E-state index in [0.717, 1.165) is 36.9 Å². The summed E-state index contributed by atoms with van der Waals surface area (Å²) in [6, 6.07) is 10.9. The highest BCUT2D eigenvalue weighted by molar-refractivity contribution is 5.81. The molecule has 138 valence electrons. The summed E-state index contributed by atoms with van der Waals surface area (Å²) in [6.45, 7) is 6.34. The molecule has 0 fully saturated rings. The molecule has 0 saturated heterocycles. The Labute approximate surface area is 153 Å². The number of rotatable bonds is 10. The number of hydrogen-bond acceptors (Lipinski definition) is 4. The molecular formula is C21H25NO4. The molecule has 5 nitrogen and oxygen atoms in total. The first kappa shape index (κ1) is 19.5. The minimum absolute atomic E-state index is 0.0861. The van der Waals surface area contributed by atoms with E-state index in [-0.39, 0.29) is 11.5 Å². The fraction of sp³-hybridized carbons (Fsp3) is 0.333. The Balaban J connectivity index is 1.83. The lowest BCUT2D eigenvalue weighted by Gasteiger charge is -2.14. The van der Waals surface area contributed by atoms with Crippen molar-refractivity contribution in [1.82, 2.24) is 4.57 Å². The summed E-state index contributed by atoms with van der Waals surface area (Å²) in [5.74, 6) is 0.320. The lowest BCUT2D eigenvalue weighted by Crippen LogP contribution is -2.17. The molecule has 0 N–H and O–H groups in total. The van der Waals surface area contributed by atoms with E-state index in [2.05, 4.69) is 6.58 Å². The van der Waals surface area contributed by atoms with Crippen molar-refractivity contribution in [3.05, 3.63) is 71.2 Å². The minimum atomic E-state index is -0.378. The van der Waals surface area contributed by atoms with Crippen LogP contribution in [0.4, 0.5) is 0 Å². The predicted molar refractivity (Wildman–Crippen MR) is 102 cm³/mol. The maximum absolute atomic E-state index is 12.1. The third-order valence-electron chi connectivity index (χ3n) is 3.90. The van der Waals surface area contributed by atoms with Crippen LogP contribution in [-0.4, -0.2) is 23.8 Å². The highest BCUT2D eigenvalue weighted by Gasteiger charge is 2.07. The van der Waals surface area contributed by atoms with E-state index in [1.807, 2.05) is 31.2 Å². The molecule has 0 radical (unpaired) electrons. The number of esters is 1. The summed E-state index contributed by atoms with van der Waals surface area (Å²) in [4.78, 5) is 23.0. The Morgan fingerprint density at radius 1 is 1.12 bits per heavy atom. The van der Waals surface area contributed by atoms with Crippen LogP contribution in [0.15, 0.2) is 60.0 Å². The first-order chi connectivity index (χ1) is 12.6. The van der Waals surface area contributed by atoms with Crippen molar-refractivity contribution in [1.29, 1.82) is 0 Å². The van der Waals surface area contributed by atoms with Gasteiger partial charge in [0.05, 0.1) is 18.9 Å². The number of benzene rings is 1. The fourth-order valence-corrected chi connectivity index (χ4v) is 2.54. The number of unbranched alkanes of at least 4 members (excludes halogenated alkanes) is 3. The molecule has 26 heavy (non-hydrogen) atoms. The molecule has 0 bridgehead atoms. The minimum Gasteiger partial charge on any atom is -0.491 e. The normalized spacial score (nSPS) is 10.3. The molecule has 0 aliphatic heterocycles. The SMILES string of the molecule is C=CC(=O)OCCCCCCOc1ccc(C)cc1-n1ccccc1=O. The molecule has 0 aliphatic carbocycles. The first-order valence-corrected chi connectivity index (χ1v) is 8.82. The lowest BCUT2D eigenvalue weighted by molar-refractivity contribution is -0.137. The molecule has 0 spiro atoms. The number of nitrogens with zero attached hydrogens (tertiary/aromatic N) is 1. The van der Waals surface area contributed by atoms with Gasteiger partial charge in [-0.2, -0.15) is 0 Å². The van der Waals surface area contributed by atoms with Gasteiger partial charge in [0.2, 0.25) is 0 Å². The third kappa shape index (κ3) is 5.92. The van der Waals surface area contributed by atoms with Crippen LogP contribution in [0, 0.1) is 6.92 Å². The van der Waals surface area contributed by atoms with Gasteiger partial charge in [0, 0.05) is 18.3 Å². The summed E-state index contributed by atoms with van der Waals surface area (Å²) in [5, 5.41) is 0. The molecule has 0 unspecified atom stereocenters. The summed E-state index contributed by atoms with van der Waals surface area (Å²) in [7, 11) is 0. The number of carbonyl (C=O) groups excluding carboxylic acids is 1. The maximum atomic E-state index is 12.1. The van der Waals surface area contributed by atoms with Crippen LogP contribution < -0.4 is 10.3 Å². The van der Waals surface area contributed by atoms with Crippen molar-refractivity contribution in [3.63, 3.8) is 0 Å². The van der Waals surface area contributed by atoms with Crippen LogP contribution in [0.5, 0.6) is 5.75 Å². The lowest BCUT2D eigenvalue weighted by atomic mass is 10.2. The maximum Gasteiger partial charge on any atom is 0.330 e. The Morgan fingerprint density at radius 2 is 1.88 bits per heavy atom. The van der Waals surface area contributed by atoms with Crippen molar-refractivity contribution < 1.29 is 14.3 Å². The molecule has 0 atom stereocenters. The highest BCUT2D eigenvalue weighted by atomic mass is 16.5. The molecule has 1 aromatic carbocycles. The number of aryl methyl sites for hydroxylation is 1.